The van der Waals surface area contributed by atoms with Gasteiger partial charge in [0.25, 0.3) is 0 Å². The molecule has 0 saturated carbocycles. The summed E-state index contributed by atoms with van der Waals surface area (Å²) in [4.78, 5) is 8.13. The van der Waals surface area contributed by atoms with E-state index in [1.807, 2.05) is 42.5 Å². The molecule has 0 amide bonds. The Morgan fingerprint density at radius 1 is 0.912 bits per heavy atom. The highest BCUT2D eigenvalue weighted by molar-refractivity contribution is 5.65. The molecule has 3 rings (SSSR count). The van der Waals surface area contributed by atoms with Gasteiger partial charge in [0, 0.05) is 17.6 Å². The fourth-order valence-electron chi connectivity index (χ4n) is 3.73. The Kier molecular flexibility index (Phi) is 8.91. The number of nitrogens with zero attached hydrogens (tertiary/aromatic N) is 2. The van der Waals surface area contributed by atoms with Gasteiger partial charge in [0.1, 0.15) is 11.4 Å². The standard InChI is InChI=1S/C27H33F3N4/c1-4-6-7-8-11-21-12-9-10-13-24(21)33-25-23(27(28,29)30)18-31-26(34-25)32-22-16-14-20(15-17-22)19(3)5-2/h9-10,12-19H,4-8,11H2,1-3H3,(H2,31,32,33,34). The minimum absolute atomic E-state index is 0.104. The van der Waals surface area contributed by atoms with Gasteiger partial charge in [0.05, 0.1) is 0 Å². The molecule has 2 N–H and O–H groups in total. The van der Waals surface area contributed by atoms with Gasteiger partial charge in [-0.15, -0.1) is 0 Å². The SMILES string of the molecule is CCCCCCc1ccccc1Nc1nc(Nc2ccc(C(C)CC)cc2)ncc1C(F)(F)F. The van der Waals surface area contributed by atoms with E-state index in [1.165, 1.54) is 5.56 Å². The zero-order valence-corrected chi connectivity index (χ0v) is 20.0. The van der Waals surface area contributed by atoms with E-state index in [9.17, 15) is 13.2 Å². The lowest BCUT2D eigenvalue weighted by molar-refractivity contribution is -0.137. The Labute approximate surface area is 200 Å². The molecular formula is C27H33F3N4. The van der Waals surface area contributed by atoms with E-state index in [1.54, 1.807) is 6.07 Å². The van der Waals surface area contributed by atoms with Crippen LogP contribution in [0.15, 0.2) is 54.7 Å². The molecule has 1 unspecified atom stereocenters. The van der Waals surface area contributed by atoms with Crippen LogP contribution in [-0.4, -0.2) is 9.97 Å². The molecule has 0 fully saturated rings. The molecular weight excluding hydrogens is 437 g/mol. The highest BCUT2D eigenvalue weighted by atomic mass is 19.4. The summed E-state index contributed by atoms with van der Waals surface area (Å²) in [5.41, 5.74) is 2.63. The highest BCUT2D eigenvalue weighted by Crippen LogP contribution is 2.36. The first-order valence-electron chi connectivity index (χ1n) is 12.0. The van der Waals surface area contributed by atoms with Gasteiger partial charge >= 0.3 is 6.18 Å². The van der Waals surface area contributed by atoms with Crippen LogP contribution in [0.4, 0.5) is 36.3 Å². The number of para-hydroxylation sites is 1. The predicted molar refractivity (Wildman–Crippen MR) is 133 cm³/mol. The summed E-state index contributed by atoms with van der Waals surface area (Å²) < 4.78 is 41.1. The predicted octanol–water partition coefficient (Wildman–Crippen LogP) is 8.62. The van der Waals surface area contributed by atoms with Gasteiger partial charge in [-0.25, -0.2) is 4.98 Å². The van der Waals surface area contributed by atoms with Crippen molar-refractivity contribution in [2.75, 3.05) is 10.6 Å². The molecule has 4 nitrogen and oxygen atoms in total. The molecule has 0 bridgehead atoms. The molecule has 1 aromatic heterocycles. The van der Waals surface area contributed by atoms with Crippen LogP contribution in [0, 0.1) is 0 Å². The van der Waals surface area contributed by atoms with Crippen molar-refractivity contribution < 1.29 is 13.2 Å². The maximum Gasteiger partial charge on any atom is 0.421 e. The third-order valence-electron chi connectivity index (χ3n) is 6.01. The van der Waals surface area contributed by atoms with Crippen molar-refractivity contribution in [1.29, 1.82) is 0 Å². The molecule has 3 aromatic rings. The number of anilines is 4. The number of hydrogen-bond donors (Lipinski definition) is 2. The molecule has 0 spiro atoms. The van der Waals surface area contributed by atoms with Crippen LogP contribution in [-0.2, 0) is 12.6 Å². The van der Waals surface area contributed by atoms with E-state index >= 15 is 0 Å². The first-order valence-corrected chi connectivity index (χ1v) is 12.0. The van der Waals surface area contributed by atoms with Gasteiger partial charge in [-0.1, -0.05) is 70.4 Å². The quantitative estimate of drug-likeness (QED) is 0.275. The van der Waals surface area contributed by atoms with Crippen molar-refractivity contribution in [3.63, 3.8) is 0 Å². The molecule has 7 heteroatoms. The lowest BCUT2D eigenvalue weighted by Gasteiger charge is -2.17. The van der Waals surface area contributed by atoms with Gasteiger partial charge in [0.2, 0.25) is 5.95 Å². The summed E-state index contributed by atoms with van der Waals surface area (Å²) in [7, 11) is 0. The van der Waals surface area contributed by atoms with Crippen molar-refractivity contribution in [3.8, 4) is 0 Å². The number of alkyl halides is 3. The van der Waals surface area contributed by atoms with Gasteiger partial charge < -0.3 is 10.6 Å². The van der Waals surface area contributed by atoms with E-state index in [2.05, 4.69) is 41.4 Å². The van der Waals surface area contributed by atoms with Crippen molar-refractivity contribution in [3.05, 3.63) is 71.4 Å². The number of hydrogen-bond acceptors (Lipinski definition) is 4. The molecule has 0 aliphatic carbocycles. The maximum atomic E-state index is 13.7. The Hall–Kier alpha value is -3.09. The van der Waals surface area contributed by atoms with Crippen molar-refractivity contribution >= 4 is 23.1 Å². The summed E-state index contributed by atoms with van der Waals surface area (Å²) in [6, 6.07) is 15.2. The summed E-state index contributed by atoms with van der Waals surface area (Å²) in [6.07, 6.45) is 2.44. The molecule has 0 aliphatic rings. The number of unbranched alkanes of at least 4 members (excludes halogenated alkanes) is 3. The van der Waals surface area contributed by atoms with E-state index in [0.717, 1.165) is 50.3 Å². The monoisotopic (exact) mass is 470 g/mol. The van der Waals surface area contributed by atoms with E-state index in [4.69, 9.17) is 0 Å². The second-order valence-corrected chi connectivity index (χ2v) is 8.60. The molecule has 0 aliphatic heterocycles. The van der Waals surface area contributed by atoms with Crippen molar-refractivity contribution in [2.24, 2.45) is 0 Å². The number of benzene rings is 2. The molecule has 34 heavy (non-hydrogen) atoms. The number of halogens is 3. The van der Waals surface area contributed by atoms with E-state index in [0.29, 0.717) is 17.3 Å². The molecule has 0 radical (unpaired) electrons. The summed E-state index contributed by atoms with van der Waals surface area (Å²) >= 11 is 0. The second kappa shape index (κ2) is 11.9. The van der Waals surface area contributed by atoms with Crippen LogP contribution in [0.3, 0.4) is 0 Å². The third kappa shape index (κ3) is 6.95. The molecule has 0 saturated heterocycles. The van der Waals surface area contributed by atoms with Crippen LogP contribution in [0.1, 0.15) is 75.5 Å². The Balaban J connectivity index is 1.85. The zero-order chi connectivity index (χ0) is 24.6. The molecule has 1 heterocycles. The smallest absolute Gasteiger partial charge is 0.339 e. The first-order chi connectivity index (χ1) is 16.3. The van der Waals surface area contributed by atoms with Gasteiger partial charge in [-0.2, -0.15) is 18.2 Å². The van der Waals surface area contributed by atoms with Crippen LogP contribution in [0.25, 0.3) is 0 Å². The minimum Gasteiger partial charge on any atom is -0.339 e. The largest absolute Gasteiger partial charge is 0.421 e. The van der Waals surface area contributed by atoms with Crippen LogP contribution < -0.4 is 10.6 Å². The molecule has 1 atom stereocenters. The average molecular weight is 471 g/mol. The van der Waals surface area contributed by atoms with Crippen LogP contribution >= 0.6 is 0 Å². The summed E-state index contributed by atoms with van der Waals surface area (Å²) in [5, 5.41) is 5.96. The van der Waals surface area contributed by atoms with E-state index in [-0.39, 0.29) is 11.8 Å². The second-order valence-electron chi connectivity index (χ2n) is 8.60. The number of rotatable bonds is 11. The Morgan fingerprint density at radius 3 is 2.32 bits per heavy atom. The normalized spacial score (nSPS) is 12.4. The Morgan fingerprint density at radius 2 is 1.65 bits per heavy atom. The zero-order valence-electron chi connectivity index (χ0n) is 20.0. The minimum atomic E-state index is -4.57. The maximum absolute atomic E-state index is 13.7. The number of aryl methyl sites for hydroxylation is 1. The molecule has 182 valence electrons. The van der Waals surface area contributed by atoms with Crippen LogP contribution in [0.5, 0.6) is 0 Å². The summed E-state index contributed by atoms with van der Waals surface area (Å²) in [6.45, 7) is 6.43. The average Bonchev–Trinajstić information content (AvgIpc) is 2.82. The van der Waals surface area contributed by atoms with Gasteiger partial charge in [-0.05, 0) is 54.5 Å². The van der Waals surface area contributed by atoms with Crippen LogP contribution in [0.2, 0.25) is 0 Å². The number of aromatic nitrogens is 2. The fraction of sp³-hybridized carbons (Fsp3) is 0.407. The van der Waals surface area contributed by atoms with Gasteiger partial charge in [0.15, 0.2) is 0 Å². The summed E-state index contributed by atoms with van der Waals surface area (Å²) in [5.74, 6) is 0.281. The Bertz CT molecular complexity index is 1050. The van der Waals surface area contributed by atoms with E-state index < -0.39 is 11.7 Å². The lowest BCUT2D eigenvalue weighted by Crippen LogP contribution is -2.13. The molecule has 2 aromatic carbocycles. The number of nitrogens with one attached hydrogen (secondary N) is 2. The van der Waals surface area contributed by atoms with Crippen molar-refractivity contribution in [2.45, 2.75) is 71.4 Å². The first kappa shape index (κ1) is 25.5. The highest BCUT2D eigenvalue weighted by Gasteiger charge is 2.35. The third-order valence-corrected chi connectivity index (χ3v) is 6.01. The fourth-order valence-corrected chi connectivity index (χ4v) is 3.73. The topological polar surface area (TPSA) is 49.8 Å². The van der Waals surface area contributed by atoms with Gasteiger partial charge in [-0.3, -0.25) is 0 Å². The van der Waals surface area contributed by atoms with Crippen molar-refractivity contribution in [1.82, 2.24) is 9.97 Å². The lowest BCUT2D eigenvalue weighted by atomic mass is 9.99.